The van der Waals surface area contributed by atoms with Gasteiger partial charge in [0.1, 0.15) is 5.75 Å². The summed E-state index contributed by atoms with van der Waals surface area (Å²) in [7, 11) is 0. The van der Waals surface area contributed by atoms with Gasteiger partial charge in [0, 0.05) is 25.6 Å². The van der Waals surface area contributed by atoms with E-state index in [2.05, 4.69) is 24.5 Å². The van der Waals surface area contributed by atoms with Crippen molar-refractivity contribution in [2.24, 2.45) is 5.92 Å². The van der Waals surface area contributed by atoms with Gasteiger partial charge in [-0.2, -0.15) is 0 Å². The molecule has 1 heterocycles. The third kappa shape index (κ3) is 5.48. The summed E-state index contributed by atoms with van der Waals surface area (Å²) >= 11 is 0. The van der Waals surface area contributed by atoms with Crippen molar-refractivity contribution in [3.63, 3.8) is 0 Å². The molecule has 1 aliphatic heterocycles. The lowest BCUT2D eigenvalue weighted by molar-refractivity contribution is -0.123. The van der Waals surface area contributed by atoms with Crippen LogP contribution in [0, 0.1) is 5.92 Å². The first-order valence-corrected chi connectivity index (χ1v) is 7.44. The molecule has 0 aromatic heterocycles. The first-order valence-electron chi connectivity index (χ1n) is 7.44. The Morgan fingerprint density at radius 3 is 2.59 bits per heavy atom. The number of benzene rings is 1. The van der Waals surface area contributed by atoms with Crippen LogP contribution in [0.3, 0.4) is 0 Å². The number of rotatable bonds is 6. The van der Waals surface area contributed by atoms with Gasteiger partial charge in [0.2, 0.25) is 0 Å². The zero-order valence-electron chi connectivity index (χ0n) is 13.0. The average molecular weight is 329 g/mol. The molecule has 0 saturated carbocycles. The lowest BCUT2D eigenvalue weighted by Gasteiger charge is -2.14. The Morgan fingerprint density at radius 1 is 1.36 bits per heavy atom. The van der Waals surface area contributed by atoms with Crippen molar-refractivity contribution in [2.75, 3.05) is 26.2 Å². The number of aliphatic hydroxyl groups is 1. The number of amides is 1. The third-order valence-electron chi connectivity index (χ3n) is 3.78. The average Bonchev–Trinajstić information content (AvgIpc) is 2.88. The first-order chi connectivity index (χ1) is 10.1. The Labute approximate surface area is 137 Å². The van der Waals surface area contributed by atoms with Crippen LogP contribution in [-0.2, 0) is 4.79 Å². The fraction of sp³-hybridized carbons (Fsp3) is 0.562. The molecule has 3 N–H and O–H groups in total. The highest BCUT2D eigenvalue weighted by molar-refractivity contribution is 5.85. The van der Waals surface area contributed by atoms with Crippen molar-refractivity contribution < 1.29 is 14.6 Å². The summed E-state index contributed by atoms with van der Waals surface area (Å²) in [6, 6.07) is 7.79. The summed E-state index contributed by atoms with van der Waals surface area (Å²) in [4.78, 5) is 11.7. The molecule has 0 aliphatic carbocycles. The Kier molecular flexibility index (Phi) is 7.65. The van der Waals surface area contributed by atoms with Gasteiger partial charge < -0.3 is 20.5 Å². The topological polar surface area (TPSA) is 70.6 Å². The van der Waals surface area contributed by atoms with Crippen LogP contribution in [0.4, 0.5) is 0 Å². The van der Waals surface area contributed by atoms with Crippen LogP contribution in [0.1, 0.15) is 25.3 Å². The highest BCUT2D eigenvalue weighted by Crippen LogP contribution is 2.18. The van der Waals surface area contributed by atoms with Crippen molar-refractivity contribution >= 4 is 18.3 Å². The van der Waals surface area contributed by atoms with Gasteiger partial charge in [-0.15, -0.1) is 12.4 Å². The van der Waals surface area contributed by atoms with Crippen LogP contribution in [0.2, 0.25) is 0 Å². The first kappa shape index (κ1) is 18.7. The van der Waals surface area contributed by atoms with E-state index >= 15 is 0 Å². The summed E-state index contributed by atoms with van der Waals surface area (Å²) in [5, 5.41) is 15.5. The summed E-state index contributed by atoms with van der Waals surface area (Å²) in [5.41, 5.74) is 1.24. The number of nitrogens with one attached hydrogen (secondary N) is 2. The number of halogens is 1. The summed E-state index contributed by atoms with van der Waals surface area (Å²) < 4.78 is 5.45. The number of aliphatic hydroxyl groups excluding tert-OH is 1. The van der Waals surface area contributed by atoms with E-state index in [1.165, 1.54) is 5.56 Å². The van der Waals surface area contributed by atoms with E-state index < -0.39 is 0 Å². The highest BCUT2D eigenvalue weighted by Gasteiger charge is 2.24. The van der Waals surface area contributed by atoms with Gasteiger partial charge in [-0.05, 0) is 23.6 Å². The molecule has 5 nitrogen and oxygen atoms in total. The second-order valence-corrected chi connectivity index (χ2v) is 5.80. The number of β-amino-alcohol motifs (C(OH)–C–C–N with tert-alkyl or cyclic N) is 1. The van der Waals surface area contributed by atoms with Crippen LogP contribution < -0.4 is 15.4 Å². The predicted octanol–water partition coefficient (Wildman–Crippen LogP) is 1.31. The highest BCUT2D eigenvalue weighted by atomic mass is 35.5. The fourth-order valence-corrected chi connectivity index (χ4v) is 2.32. The monoisotopic (exact) mass is 328 g/mol. The van der Waals surface area contributed by atoms with E-state index in [1.807, 2.05) is 24.3 Å². The van der Waals surface area contributed by atoms with E-state index in [0.717, 1.165) is 6.54 Å². The normalized spacial score (nSPS) is 20.5. The molecule has 2 rings (SSSR count). The van der Waals surface area contributed by atoms with Gasteiger partial charge in [0.25, 0.3) is 5.91 Å². The molecular weight excluding hydrogens is 304 g/mol. The number of hydrogen-bond acceptors (Lipinski definition) is 4. The smallest absolute Gasteiger partial charge is 0.257 e. The van der Waals surface area contributed by atoms with Gasteiger partial charge in [0.05, 0.1) is 6.10 Å². The second-order valence-electron chi connectivity index (χ2n) is 5.80. The summed E-state index contributed by atoms with van der Waals surface area (Å²) in [5.74, 6) is 1.09. The van der Waals surface area contributed by atoms with Crippen LogP contribution in [0.15, 0.2) is 24.3 Å². The Bertz CT molecular complexity index is 465. The molecule has 2 unspecified atom stereocenters. The Balaban J connectivity index is 0.00000242. The molecule has 0 radical (unpaired) electrons. The summed E-state index contributed by atoms with van der Waals surface area (Å²) in [6.07, 6.45) is -0.380. The van der Waals surface area contributed by atoms with Crippen LogP contribution >= 0.6 is 12.4 Å². The molecule has 1 saturated heterocycles. The molecule has 6 heteroatoms. The van der Waals surface area contributed by atoms with Crippen molar-refractivity contribution in [3.05, 3.63) is 29.8 Å². The lowest BCUT2D eigenvalue weighted by atomic mass is 10.0. The van der Waals surface area contributed by atoms with E-state index in [9.17, 15) is 9.90 Å². The van der Waals surface area contributed by atoms with E-state index in [1.54, 1.807) is 0 Å². The zero-order chi connectivity index (χ0) is 15.2. The van der Waals surface area contributed by atoms with E-state index in [0.29, 0.717) is 24.8 Å². The Hall–Kier alpha value is -1.30. The maximum absolute atomic E-state index is 11.7. The molecule has 22 heavy (non-hydrogen) atoms. The van der Waals surface area contributed by atoms with Gasteiger partial charge in [-0.3, -0.25) is 4.79 Å². The van der Waals surface area contributed by atoms with Crippen molar-refractivity contribution in [3.8, 4) is 5.75 Å². The van der Waals surface area contributed by atoms with Crippen LogP contribution in [0.25, 0.3) is 0 Å². The molecule has 0 bridgehead atoms. The Morgan fingerprint density at radius 2 is 2.05 bits per heavy atom. The molecule has 1 aliphatic rings. The second kappa shape index (κ2) is 8.98. The minimum Gasteiger partial charge on any atom is -0.484 e. The van der Waals surface area contributed by atoms with E-state index in [-0.39, 0.29) is 36.9 Å². The van der Waals surface area contributed by atoms with Gasteiger partial charge >= 0.3 is 0 Å². The fourth-order valence-electron chi connectivity index (χ4n) is 2.32. The standard InChI is InChI=1S/C16H24N2O3.ClH/c1-11(2)12-3-5-14(6-4-12)21-10-16(20)18-8-13-7-17-9-15(13)19;/h3-6,11,13,15,17,19H,7-10H2,1-2H3,(H,18,20);1H. The minimum atomic E-state index is -0.380. The van der Waals surface area contributed by atoms with Crippen LogP contribution in [0.5, 0.6) is 5.75 Å². The van der Waals surface area contributed by atoms with E-state index in [4.69, 9.17) is 4.74 Å². The van der Waals surface area contributed by atoms with Crippen molar-refractivity contribution in [1.29, 1.82) is 0 Å². The van der Waals surface area contributed by atoms with Gasteiger partial charge in [0.15, 0.2) is 6.61 Å². The van der Waals surface area contributed by atoms with Crippen molar-refractivity contribution in [2.45, 2.75) is 25.9 Å². The molecule has 1 aromatic rings. The quantitative estimate of drug-likeness (QED) is 0.736. The maximum Gasteiger partial charge on any atom is 0.257 e. The minimum absolute atomic E-state index is 0. The van der Waals surface area contributed by atoms with Crippen molar-refractivity contribution in [1.82, 2.24) is 10.6 Å². The van der Waals surface area contributed by atoms with Gasteiger partial charge in [-0.25, -0.2) is 0 Å². The molecule has 1 aromatic carbocycles. The van der Waals surface area contributed by atoms with Gasteiger partial charge in [-0.1, -0.05) is 26.0 Å². The SMILES string of the molecule is CC(C)c1ccc(OCC(=O)NCC2CNCC2O)cc1.Cl. The zero-order valence-corrected chi connectivity index (χ0v) is 13.9. The molecule has 2 atom stereocenters. The summed E-state index contributed by atoms with van der Waals surface area (Å²) in [6.45, 7) is 6.07. The maximum atomic E-state index is 11.7. The molecule has 124 valence electrons. The third-order valence-corrected chi connectivity index (χ3v) is 3.78. The molecular formula is C16H25ClN2O3. The molecule has 1 amide bonds. The number of carbonyl (C=O) groups is 1. The number of hydrogen-bond donors (Lipinski definition) is 3. The molecule has 0 spiro atoms. The number of ether oxygens (including phenoxy) is 1. The molecule has 1 fully saturated rings. The predicted molar refractivity (Wildman–Crippen MR) is 88.7 cm³/mol. The van der Waals surface area contributed by atoms with Crippen LogP contribution in [-0.4, -0.2) is 43.4 Å². The number of carbonyl (C=O) groups excluding carboxylic acids is 1. The largest absolute Gasteiger partial charge is 0.484 e. The lowest BCUT2D eigenvalue weighted by Crippen LogP contribution is -2.36.